The number of nitrogens with two attached hydrogens (primary N) is 1. The quantitative estimate of drug-likeness (QED) is 0.862. The summed E-state index contributed by atoms with van der Waals surface area (Å²) in [6.45, 7) is 0. The molecular formula is C11H12N2OS. The van der Waals surface area contributed by atoms with Crippen LogP contribution in [-0.4, -0.2) is 12.1 Å². The Morgan fingerprint density at radius 2 is 2.33 bits per heavy atom. The van der Waals surface area contributed by atoms with E-state index in [1.54, 1.807) is 30.8 Å². The molecule has 0 spiro atoms. The molecule has 0 radical (unpaired) electrons. The van der Waals surface area contributed by atoms with Crippen LogP contribution in [0.15, 0.2) is 36.0 Å². The number of methoxy groups -OCH3 is 1. The topological polar surface area (TPSA) is 48.1 Å². The molecule has 0 saturated carbocycles. The SMILES string of the molecule is COc1ccsc1C(N)c1cccnc1. The van der Waals surface area contributed by atoms with Gasteiger partial charge in [0.25, 0.3) is 0 Å². The number of rotatable bonds is 3. The zero-order valence-corrected chi connectivity index (χ0v) is 9.20. The van der Waals surface area contributed by atoms with Crippen LogP contribution in [0.5, 0.6) is 5.75 Å². The average molecular weight is 220 g/mol. The van der Waals surface area contributed by atoms with Crippen LogP contribution < -0.4 is 10.5 Å². The van der Waals surface area contributed by atoms with Crippen molar-refractivity contribution in [3.05, 3.63) is 46.4 Å². The highest BCUT2D eigenvalue weighted by Crippen LogP contribution is 2.32. The van der Waals surface area contributed by atoms with E-state index in [1.807, 2.05) is 23.6 Å². The predicted octanol–water partition coefficient (Wildman–Crippen LogP) is 2.20. The third-order valence-corrected chi connectivity index (χ3v) is 3.18. The highest BCUT2D eigenvalue weighted by molar-refractivity contribution is 7.10. The molecule has 4 heteroatoms. The van der Waals surface area contributed by atoms with Crippen molar-refractivity contribution in [2.45, 2.75) is 6.04 Å². The Morgan fingerprint density at radius 1 is 1.47 bits per heavy atom. The maximum atomic E-state index is 6.13. The summed E-state index contributed by atoms with van der Waals surface area (Å²) in [7, 11) is 1.65. The summed E-state index contributed by atoms with van der Waals surface area (Å²) in [6, 6.07) is 5.62. The number of hydrogen-bond donors (Lipinski definition) is 1. The van der Waals surface area contributed by atoms with E-state index in [-0.39, 0.29) is 6.04 Å². The van der Waals surface area contributed by atoms with E-state index in [9.17, 15) is 0 Å². The summed E-state index contributed by atoms with van der Waals surface area (Å²) >= 11 is 1.60. The zero-order chi connectivity index (χ0) is 10.7. The van der Waals surface area contributed by atoms with E-state index in [4.69, 9.17) is 10.5 Å². The summed E-state index contributed by atoms with van der Waals surface area (Å²) in [5.74, 6) is 0.844. The summed E-state index contributed by atoms with van der Waals surface area (Å²) in [6.07, 6.45) is 3.52. The molecule has 0 fully saturated rings. The Hall–Kier alpha value is -1.39. The van der Waals surface area contributed by atoms with E-state index < -0.39 is 0 Å². The van der Waals surface area contributed by atoms with Gasteiger partial charge in [0.1, 0.15) is 5.75 Å². The Morgan fingerprint density at radius 3 is 3.00 bits per heavy atom. The normalized spacial score (nSPS) is 12.4. The van der Waals surface area contributed by atoms with Crippen molar-refractivity contribution in [3.63, 3.8) is 0 Å². The second kappa shape index (κ2) is 4.42. The minimum Gasteiger partial charge on any atom is -0.496 e. The highest BCUT2D eigenvalue weighted by atomic mass is 32.1. The average Bonchev–Trinajstić information content (AvgIpc) is 2.77. The Kier molecular flexibility index (Phi) is 2.99. The van der Waals surface area contributed by atoms with Gasteiger partial charge in [0.2, 0.25) is 0 Å². The van der Waals surface area contributed by atoms with Crippen LogP contribution in [0.1, 0.15) is 16.5 Å². The fourth-order valence-corrected chi connectivity index (χ4v) is 2.30. The molecule has 0 amide bonds. The fraction of sp³-hybridized carbons (Fsp3) is 0.182. The first-order chi connectivity index (χ1) is 7.33. The summed E-state index contributed by atoms with van der Waals surface area (Å²) < 4.78 is 5.24. The molecule has 15 heavy (non-hydrogen) atoms. The molecule has 0 aliphatic heterocycles. The smallest absolute Gasteiger partial charge is 0.134 e. The van der Waals surface area contributed by atoms with Crippen LogP contribution in [0.2, 0.25) is 0 Å². The van der Waals surface area contributed by atoms with E-state index in [1.165, 1.54) is 0 Å². The van der Waals surface area contributed by atoms with Gasteiger partial charge in [-0.1, -0.05) is 6.07 Å². The molecule has 2 N–H and O–H groups in total. The van der Waals surface area contributed by atoms with Crippen LogP contribution in [0.25, 0.3) is 0 Å². The third-order valence-electron chi connectivity index (χ3n) is 2.20. The van der Waals surface area contributed by atoms with Crippen LogP contribution in [0.3, 0.4) is 0 Å². The monoisotopic (exact) mass is 220 g/mol. The molecule has 2 aromatic heterocycles. The van der Waals surface area contributed by atoms with E-state index >= 15 is 0 Å². The second-order valence-electron chi connectivity index (χ2n) is 3.12. The number of thiophene rings is 1. The maximum absolute atomic E-state index is 6.13. The van der Waals surface area contributed by atoms with Crippen molar-refractivity contribution in [3.8, 4) is 5.75 Å². The van der Waals surface area contributed by atoms with Crippen LogP contribution >= 0.6 is 11.3 Å². The molecule has 78 valence electrons. The molecule has 2 rings (SSSR count). The molecule has 0 bridgehead atoms. The molecule has 2 aromatic rings. The van der Waals surface area contributed by atoms with Gasteiger partial charge in [0.15, 0.2) is 0 Å². The number of pyridine rings is 1. The lowest BCUT2D eigenvalue weighted by Gasteiger charge is -2.11. The molecule has 1 unspecified atom stereocenters. The van der Waals surface area contributed by atoms with Gasteiger partial charge < -0.3 is 10.5 Å². The standard InChI is InChI=1S/C11H12N2OS/c1-14-9-4-6-15-11(9)10(12)8-3-2-5-13-7-8/h2-7,10H,12H2,1H3. The Bertz CT molecular complexity index is 427. The molecule has 0 aliphatic carbocycles. The fourth-order valence-electron chi connectivity index (χ4n) is 1.42. The first kappa shape index (κ1) is 10.1. The predicted molar refractivity (Wildman–Crippen MR) is 61.1 cm³/mol. The van der Waals surface area contributed by atoms with Crippen LogP contribution in [0.4, 0.5) is 0 Å². The van der Waals surface area contributed by atoms with Gasteiger partial charge >= 0.3 is 0 Å². The minimum atomic E-state index is -0.159. The number of aromatic nitrogens is 1. The minimum absolute atomic E-state index is 0.159. The Balaban J connectivity index is 2.32. The van der Waals surface area contributed by atoms with Crippen LogP contribution in [-0.2, 0) is 0 Å². The van der Waals surface area contributed by atoms with Crippen molar-refractivity contribution in [2.24, 2.45) is 5.73 Å². The van der Waals surface area contributed by atoms with Gasteiger partial charge in [-0.2, -0.15) is 0 Å². The largest absolute Gasteiger partial charge is 0.496 e. The van der Waals surface area contributed by atoms with Gasteiger partial charge in [-0.05, 0) is 23.1 Å². The van der Waals surface area contributed by atoms with Crippen molar-refractivity contribution in [1.29, 1.82) is 0 Å². The van der Waals surface area contributed by atoms with E-state index in [0.29, 0.717) is 0 Å². The van der Waals surface area contributed by atoms with Gasteiger partial charge in [-0.3, -0.25) is 4.98 Å². The van der Waals surface area contributed by atoms with Gasteiger partial charge in [-0.15, -0.1) is 11.3 Å². The van der Waals surface area contributed by atoms with E-state index in [2.05, 4.69) is 4.98 Å². The number of hydrogen-bond acceptors (Lipinski definition) is 4. The molecule has 3 nitrogen and oxygen atoms in total. The molecule has 0 aromatic carbocycles. The second-order valence-corrected chi connectivity index (χ2v) is 4.06. The summed E-state index contributed by atoms with van der Waals surface area (Å²) in [5, 5.41) is 1.98. The molecular weight excluding hydrogens is 208 g/mol. The van der Waals surface area contributed by atoms with Gasteiger partial charge in [0.05, 0.1) is 18.0 Å². The number of nitrogens with zero attached hydrogens (tertiary/aromatic N) is 1. The molecule has 1 atom stereocenters. The highest BCUT2D eigenvalue weighted by Gasteiger charge is 2.15. The maximum Gasteiger partial charge on any atom is 0.134 e. The Labute approximate surface area is 92.5 Å². The van der Waals surface area contributed by atoms with Crippen molar-refractivity contribution >= 4 is 11.3 Å². The molecule has 0 saturated heterocycles. The van der Waals surface area contributed by atoms with Crippen LogP contribution in [0, 0.1) is 0 Å². The van der Waals surface area contributed by atoms with Crippen molar-refractivity contribution in [2.75, 3.05) is 7.11 Å². The first-order valence-corrected chi connectivity index (χ1v) is 5.47. The van der Waals surface area contributed by atoms with E-state index in [0.717, 1.165) is 16.2 Å². The third kappa shape index (κ3) is 2.00. The first-order valence-electron chi connectivity index (χ1n) is 4.60. The zero-order valence-electron chi connectivity index (χ0n) is 8.38. The van der Waals surface area contributed by atoms with Gasteiger partial charge in [0, 0.05) is 12.4 Å². The van der Waals surface area contributed by atoms with Gasteiger partial charge in [-0.25, -0.2) is 0 Å². The lowest BCUT2D eigenvalue weighted by Crippen LogP contribution is -2.11. The van der Waals surface area contributed by atoms with Crippen molar-refractivity contribution in [1.82, 2.24) is 4.98 Å². The van der Waals surface area contributed by atoms with Crippen molar-refractivity contribution < 1.29 is 4.74 Å². The molecule has 0 aliphatic rings. The molecule has 2 heterocycles. The number of ether oxygens (including phenoxy) is 1. The summed E-state index contributed by atoms with van der Waals surface area (Å²) in [5.41, 5.74) is 7.13. The lowest BCUT2D eigenvalue weighted by molar-refractivity contribution is 0.411. The summed E-state index contributed by atoms with van der Waals surface area (Å²) in [4.78, 5) is 5.09. The lowest BCUT2D eigenvalue weighted by atomic mass is 10.1.